The van der Waals surface area contributed by atoms with Crippen LogP contribution in [0.5, 0.6) is 0 Å². The van der Waals surface area contributed by atoms with Crippen molar-refractivity contribution in [3.63, 3.8) is 0 Å². The molecular formula is C17H20N2OS. The second-order valence-electron chi connectivity index (χ2n) is 5.34. The Morgan fingerprint density at radius 3 is 2.90 bits per heavy atom. The average molecular weight is 300 g/mol. The molecule has 1 N–H and O–H groups in total. The molecule has 0 spiro atoms. The number of benzene rings is 1. The van der Waals surface area contributed by atoms with Crippen molar-refractivity contribution in [2.45, 2.75) is 32.2 Å². The molecule has 2 aromatic rings. The van der Waals surface area contributed by atoms with Crippen molar-refractivity contribution < 1.29 is 4.79 Å². The molecule has 1 atom stereocenters. The lowest BCUT2D eigenvalue weighted by atomic mass is 9.95. The van der Waals surface area contributed by atoms with Crippen LogP contribution in [0.3, 0.4) is 0 Å². The van der Waals surface area contributed by atoms with Gasteiger partial charge in [0.25, 0.3) is 0 Å². The van der Waals surface area contributed by atoms with E-state index in [0.29, 0.717) is 6.42 Å². The van der Waals surface area contributed by atoms with Gasteiger partial charge in [-0.3, -0.25) is 10.2 Å². The molecule has 0 aliphatic carbocycles. The van der Waals surface area contributed by atoms with Crippen molar-refractivity contribution in [1.29, 1.82) is 0 Å². The highest BCUT2D eigenvalue weighted by Gasteiger charge is 2.30. The predicted molar refractivity (Wildman–Crippen MR) is 86.1 cm³/mol. The molecule has 2 heterocycles. The van der Waals surface area contributed by atoms with Gasteiger partial charge in [0.1, 0.15) is 0 Å². The highest BCUT2D eigenvalue weighted by Crippen LogP contribution is 2.36. The van der Waals surface area contributed by atoms with Crippen LogP contribution in [-0.2, 0) is 11.2 Å². The molecule has 0 radical (unpaired) electrons. The summed E-state index contributed by atoms with van der Waals surface area (Å²) < 4.78 is 0. The molecule has 0 saturated heterocycles. The number of rotatable bonds is 4. The van der Waals surface area contributed by atoms with Crippen LogP contribution < -0.4 is 5.43 Å². The number of hydrazine groups is 1. The second-order valence-corrected chi connectivity index (χ2v) is 6.34. The number of carbonyl (C=O) groups is 1. The number of nitrogens with zero attached hydrogens (tertiary/aromatic N) is 1. The van der Waals surface area contributed by atoms with Crippen LogP contribution in [0, 0.1) is 0 Å². The van der Waals surface area contributed by atoms with E-state index in [9.17, 15) is 4.79 Å². The quantitative estimate of drug-likeness (QED) is 0.937. The van der Waals surface area contributed by atoms with Crippen molar-refractivity contribution in [2.75, 3.05) is 6.54 Å². The zero-order valence-electron chi connectivity index (χ0n) is 12.2. The average Bonchev–Trinajstić information content (AvgIpc) is 2.96. The predicted octanol–water partition coefficient (Wildman–Crippen LogP) is 3.53. The lowest BCUT2D eigenvalue weighted by Crippen LogP contribution is -2.47. The van der Waals surface area contributed by atoms with Gasteiger partial charge < -0.3 is 0 Å². The van der Waals surface area contributed by atoms with Gasteiger partial charge in [-0.05, 0) is 35.4 Å². The Kier molecular flexibility index (Phi) is 4.36. The standard InChI is InChI=1S/C17H20N2OS/c1-2-6-16(20)18-19-11-9-15-14(10-12-21-15)17(19)13-7-4-3-5-8-13/h3-5,7-8,10,12,17H,2,6,9,11H2,1H3,(H,18,20). The summed E-state index contributed by atoms with van der Waals surface area (Å²) in [6.07, 6.45) is 2.45. The van der Waals surface area contributed by atoms with Crippen LogP contribution in [0.25, 0.3) is 0 Å². The summed E-state index contributed by atoms with van der Waals surface area (Å²) in [4.78, 5) is 13.4. The van der Waals surface area contributed by atoms with Gasteiger partial charge in [-0.1, -0.05) is 37.3 Å². The van der Waals surface area contributed by atoms with Crippen LogP contribution in [0.15, 0.2) is 41.8 Å². The molecule has 1 aromatic carbocycles. The maximum atomic E-state index is 12.0. The SMILES string of the molecule is CCCC(=O)NN1CCc2sccc2C1c1ccccc1. The van der Waals surface area contributed by atoms with Crippen molar-refractivity contribution in [3.05, 3.63) is 57.8 Å². The molecular weight excluding hydrogens is 280 g/mol. The zero-order chi connectivity index (χ0) is 14.7. The minimum absolute atomic E-state index is 0.108. The molecule has 1 aliphatic heterocycles. The van der Waals surface area contributed by atoms with E-state index in [0.717, 1.165) is 19.4 Å². The van der Waals surface area contributed by atoms with Gasteiger partial charge in [-0.15, -0.1) is 11.3 Å². The first-order valence-electron chi connectivity index (χ1n) is 7.47. The molecule has 0 fully saturated rings. The first-order valence-corrected chi connectivity index (χ1v) is 8.35. The normalized spacial score (nSPS) is 18.2. The molecule has 21 heavy (non-hydrogen) atoms. The Hall–Kier alpha value is -1.65. The van der Waals surface area contributed by atoms with Crippen molar-refractivity contribution in [2.24, 2.45) is 0 Å². The van der Waals surface area contributed by atoms with Gasteiger partial charge in [0.15, 0.2) is 0 Å². The van der Waals surface area contributed by atoms with E-state index in [1.165, 1.54) is 16.0 Å². The molecule has 3 nitrogen and oxygen atoms in total. The maximum absolute atomic E-state index is 12.0. The van der Waals surface area contributed by atoms with E-state index in [4.69, 9.17) is 0 Å². The smallest absolute Gasteiger partial charge is 0.234 e. The third kappa shape index (κ3) is 3.01. The number of hydrogen-bond acceptors (Lipinski definition) is 3. The van der Waals surface area contributed by atoms with Gasteiger partial charge in [0.2, 0.25) is 5.91 Å². The highest BCUT2D eigenvalue weighted by molar-refractivity contribution is 7.10. The van der Waals surface area contributed by atoms with Gasteiger partial charge in [-0.2, -0.15) is 0 Å². The third-order valence-electron chi connectivity index (χ3n) is 3.83. The Morgan fingerprint density at radius 1 is 1.33 bits per heavy atom. The molecule has 110 valence electrons. The van der Waals surface area contributed by atoms with E-state index in [2.05, 4.69) is 46.1 Å². The van der Waals surface area contributed by atoms with Crippen LogP contribution in [0.2, 0.25) is 0 Å². The van der Waals surface area contributed by atoms with E-state index >= 15 is 0 Å². The van der Waals surface area contributed by atoms with Crippen molar-refractivity contribution in [3.8, 4) is 0 Å². The first-order chi connectivity index (χ1) is 10.3. The number of fused-ring (bicyclic) bond motifs is 1. The zero-order valence-corrected chi connectivity index (χ0v) is 13.0. The topological polar surface area (TPSA) is 32.3 Å². The van der Waals surface area contributed by atoms with Gasteiger partial charge in [0.05, 0.1) is 6.04 Å². The molecule has 0 saturated carbocycles. The van der Waals surface area contributed by atoms with Crippen LogP contribution in [0.1, 0.15) is 41.8 Å². The summed E-state index contributed by atoms with van der Waals surface area (Å²) in [7, 11) is 0. The van der Waals surface area contributed by atoms with Crippen LogP contribution in [-0.4, -0.2) is 17.5 Å². The van der Waals surface area contributed by atoms with Crippen LogP contribution >= 0.6 is 11.3 Å². The first kappa shape index (κ1) is 14.3. The lowest BCUT2D eigenvalue weighted by molar-refractivity contribution is -0.127. The minimum atomic E-state index is 0.108. The minimum Gasteiger partial charge on any atom is -0.288 e. The Morgan fingerprint density at radius 2 is 2.14 bits per heavy atom. The number of nitrogens with one attached hydrogen (secondary N) is 1. The third-order valence-corrected chi connectivity index (χ3v) is 4.82. The summed E-state index contributed by atoms with van der Waals surface area (Å²) >= 11 is 1.82. The molecule has 3 rings (SSSR count). The Balaban J connectivity index is 1.91. The largest absolute Gasteiger partial charge is 0.288 e. The van der Waals surface area contributed by atoms with E-state index in [-0.39, 0.29) is 11.9 Å². The Bertz CT molecular complexity index is 608. The lowest BCUT2D eigenvalue weighted by Gasteiger charge is -2.36. The number of hydrogen-bond donors (Lipinski definition) is 1. The van der Waals surface area contributed by atoms with Gasteiger partial charge in [-0.25, -0.2) is 5.01 Å². The second kappa shape index (κ2) is 6.41. The summed E-state index contributed by atoms with van der Waals surface area (Å²) in [5.74, 6) is 0.108. The van der Waals surface area contributed by atoms with E-state index in [1.54, 1.807) is 0 Å². The molecule has 1 unspecified atom stereocenters. The molecule has 1 aromatic heterocycles. The van der Waals surface area contributed by atoms with Crippen LogP contribution in [0.4, 0.5) is 0 Å². The molecule has 0 bridgehead atoms. The van der Waals surface area contributed by atoms with Gasteiger partial charge >= 0.3 is 0 Å². The summed E-state index contributed by atoms with van der Waals surface area (Å²) in [5, 5.41) is 4.25. The number of thiophene rings is 1. The molecule has 1 amide bonds. The molecule has 1 aliphatic rings. The fourth-order valence-electron chi connectivity index (χ4n) is 2.87. The van der Waals surface area contributed by atoms with Gasteiger partial charge in [0, 0.05) is 17.8 Å². The Labute approximate surface area is 129 Å². The van der Waals surface area contributed by atoms with Crippen molar-refractivity contribution in [1.82, 2.24) is 10.4 Å². The number of carbonyl (C=O) groups excluding carboxylic acids is 1. The fraction of sp³-hybridized carbons (Fsp3) is 0.353. The van der Waals surface area contributed by atoms with E-state index in [1.807, 2.05) is 24.3 Å². The monoisotopic (exact) mass is 300 g/mol. The number of amides is 1. The van der Waals surface area contributed by atoms with E-state index < -0.39 is 0 Å². The summed E-state index contributed by atoms with van der Waals surface area (Å²) in [6, 6.07) is 12.7. The molecule has 4 heteroatoms. The van der Waals surface area contributed by atoms with Crippen molar-refractivity contribution >= 4 is 17.2 Å². The summed E-state index contributed by atoms with van der Waals surface area (Å²) in [6.45, 7) is 2.89. The highest BCUT2D eigenvalue weighted by atomic mass is 32.1. The fourth-order valence-corrected chi connectivity index (χ4v) is 3.78. The summed E-state index contributed by atoms with van der Waals surface area (Å²) in [5.41, 5.74) is 5.66. The maximum Gasteiger partial charge on any atom is 0.234 e.